The second-order valence-corrected chi connectivity index (χ2v) is 9.67. The van der Waals surface area contributed by atoms with Crippen LogP contribution in [0.25, 0.3) is 44.3 Å². The summed E-state index contributed by atoms with van der Waals surface area (Å²) < 4.78 is 0. The van der Waals surface area contributed by atoms with Gasteiger partial charge in [0, 0.05) is 17.3 Å². The fourth-order valence-electron chi connectivity index (χ4n) is 4.49. The highest BCUT2D eigenvalue weighted by Crippen LogP contribution is 2.36. The Labute approximate surface area is 201 Å². The predicted octanol–water partition coefficient (Wildman–Crippen LogP) is 8.40. The van der Waals surface area contributed by atoms with Crippen LogP contribution < -0.4 is 0 Å². The maximum absolute atomic E-state index is 9.78. The quantitative estimate of drug-likeness (QED) is 0.283. The largest absolute Gasteiger partial charge is 0.255 e. The third-order valence-corrected chi connectivity index (χ3v) is 6.29. The lowest BCUT2D eigenvalue weighted by Crippen LogP contribution is -2.12. The number of pyridine rings is 1. The molecular formula is C32H26N2. The molecule has 34 heavy (non-hydrogen) atoms. The van der Waals surface area contributed by atoms with E-state index < -0.39 is 0 Å². The van der Waals surface area contributed by atoms with Crippen molar-refractivity contribution in [2.45, 2.75) is 26.2 Å². The normalized spacial score (nSPS) is 11.4. The minimum absolute atomic E-state index is 0.00168. The van der Waals surface area contributed by atoms with Crippen LogP contribution in [-0.4, -0.2) is 4.98 Å². The van der Waals surface area contributed by atoms with E-state index in [1.165, 1.54) is 21.9 Å². The average Bonchev–Trinajstić information content (AvgIpc) is 2.87. The second kappa shape index (κ2) is 8.61. The van der Waals surface area contributed by atoms with Crippen LogP contribution in [0.3, 0.4) is 0 Å². The number of aromatic nitrogens is 1. The van der Waals surface area contributed by atoms with Crippen molar-refractivity contribution in [1.29, 1.82) is 5.26 Å². The highest BCUT2D eigenvalue weighted by atomic mass is 14.7. The zero-order valence-corrected chi connectivity index (χ0v) is 19.7. The zero-order chi connectivity index (χ0) is 23.7. The molecule has 1 heterocycles. The van der Waals surface area contributed by atoms with Crippen LogP contribution in [0, 0.1) is 11.3 Å². The van der Waals surface area contributed by atoms with Crippen LogP contribution in [-0.2, 0) is 5.41 Å². The van der Waals surface area contributed by atoms with Gasteiger partial charge in [0.15, 0.2) is 0 Å². The summed E-state index contributed by atoms with van der Waals surface area (Å²) in [6.45, 7) is 6.72. The van der Waals surface area contributed by atoms with Crippen LogP contribution in [0.4, 0.5) is 0 Å². The predicted molar refractivity (Wildman–Crippen MR) is 141 cm³/mol. The minimum atomic E-state index is -0.00168. The first-order valence-corrected chi connectivity index (χ1v) is 11.5. The smallest absolute Gasteiger partial charge is 0.101 e. The zero-order valence-electron chi connectivity index (χ0n) is 19.7. The van der Waals surface area contributed by atoms with Crippen LogP contribution >= 0.6 is 0 Å². The number of benzene rings is 4. The third kappa shape index (κ3) is 4.09. The molecule has 0 spiro atoms. The van der Waals surface area contributed by atoms with Gasteiger partial charge in [0.2, 0.25) is 0 Å². The summed E-state index contributed by atoms with van der Waals surface area (Å²) in [5.41, 5.74) is 8.05. The van der Waals surface area contributed by atoms with Crippen molar-refractivity contribution in [2.75, 3.05) is 0 Å². The topological polar surface area (TPSA) is 36.7 Å². The Bertz CT molecular complexity index is 1520. The molecule has 0 unspecified atom stereocenters. The molecule has 5 rings (SSSR count). The van der Waals surface area contributed by atoms with Crippen molar-refractivity contribution in [3.05, 3.63) is 114 Å². The van der Waals surface area contributed by atoms with Crippen LogP contribution in [0.15, 0.2) is 103 Å². The first-order valence-electron chi connectivity index (χ1n) is 11.5. The first kappa shape index (κ1) is 21.6. The lowest BCUT2D eigenvalue weighted by atomic mass is 9.82. The Hall–Kier alpha value is -4.22. The van der Waals surface area contributed by atoms with Crippen molar-refractivity contribution in [3.8, 4) is 39.6 Å². The fraction of sp³-hybridized carbons (Fsp3) is 0.125. The van der Waals surface area contributed by atoms with Gasteiger partial charge >= 0.3 is 0 Å². The van der Waals surface area contributed by atoms with Crippen LogP contribution in [0.5, 0.6) is 0 Å². The van der Waals surface area contributed by atoms with E-state index in [1.54, 1.807) is 6.20 Å². The molecule has 4 aromatic carbocycles. The number of fused-ring (bicyclic) bond motifs is 1. The van der Waals surface area contributed by atoms with E-state index in [9.17, 15) is 5.26 Å². The van der Waals surface area contributed by atoms with E-state index in [2.05, 4.69) is 105 Å². The molecule has 2 heteroatoms. The molecule has 0 bridgehead atoms. The molecule has 0 fully saturated rings. The highest BCUT2D eigenvalue weighted by molar-refractivity contribution is 5.91. The van der Waals surface area contributed by atoms with Crippen molar-refractivity contribution in [1.82, 2.24) is 4.98 Å². The number of nitrogens with zero attached hydrogens (tertiary/aromatic N) is 2. The SMILES string of the molecule is CC(C)(C)c1cc(-c2cc(-c3ccc(-c4ccccc4)cc3)c(C#N)cn2)cc2ccccc12. The summed E-state index contributed by atoms with van der Waals surface area (Å²) in [6.07, 6.45) is 1.70. The van der Waals surface area contributed by atoms with E-state index in [-0.39, 0.29) is 5.41 Å². The molecule has 1 aromatic heterocycles. The van der Waals surface area contributed by atoms with Gasteiger partial charge in [0.05, 0.1) is 11.3 Å². The Morgan fingerprint density at radius 2 is 1.32 bits per heavy atom. The van der Waals surface area contributed by atoms with E-state index in [0.717, 1.165) is 27.9 Å². The van der Waals surface area contributed by atoms with Gasteiger partial charge in [-0.3, -0.25) is 4.98 Å². The Balaban J connectivity index is 1.62. The third-order valence-electron chi connectivity index (χ3n) is 6.29. The van der Waals surface area contributed by atoms with Crippen molar-refractivity contribution in [3.63, 3.8) is 0 Å². The van der Waals surface area contributed by atoms with Crippen molar-refractivity contribution in [2.24, 2.45) is 0 Å². The molecule has 0 aliphatic carbocycles. The Morgan fingerprint density at radius 3 is 2.03 bits per heavy atom. The molecule has 0 atom stereocenters. The highest BCUT2D eigenvalue weighted by Gasteiger charge is 2.19. The van der Waals surface area contributed by atoms with Gasteiger partial charge in [-0.1, -0.05) is 99.6 Å². The molecule has 5 aromatic rings. The van der Waals surface area contributed by atoms with Gasteiger partial charge in [-0.05, 0) is 56.6 Å². The molecular weight excluding hydrogens is 412 g/mol. The molecule has 164 valence electrons. The molecule has 2 nitrogen and oxygen atoms in total. The maximum Gasteiger partial charge on any atom is 0.101 e. The summed E-state index contributed by atoms with van der Waals surface area (Å²) in [4.78, 5) is 4.68. The molecule has 0 N–H and O–H groups in total. The van der Waals surface area contributed by atoms with E-state index in [1.807, 2.05) is 24.3 Å². The van der Waals surface area contributed by atoms with Gasteiger partial charge in [0.25, 0.3) is 0 Å². The van der Waals surface area contributed by atoms with Gasteiger partial charge in [-0.15, -0.1) is 0 Å². The molecule has 0 saturated heterocycles. The van der Waals surface area contributed by atoms with Crippen molar-refractivity contribution >= 4 is 10.8 Å². The monoisotopic (exact) mass is 438 g/mol. The summed E-state index contributed by atoms with van der Waals surface area (Å²) in [5, 5.41) is 12.2. The lowest BCUT2D eigenvalue weighted by molar-refractivity contribution is 0.596. The van der Waals surface area contributed by atoms with Gasteiger partial charge in [-0.25, -0.2) is 0 Å². The van der Waals surface area contributed by atoms with E-state index in [4.69, 9.17) is 0 Å². The van der Waals surface area contributed by atoms with Gasteiger partial charge < -0.3 is 0 Å². The number of nitriles is 1. The fourth-order valence-corrected chi connectivity index (χ4v) is 4.49. The molecule has 0 radical (unpaired) electrons. The number of hydrogen-bond donors (Lipinski definition) is 0. The summed E-state index contributed by atoms with van der Waals surface area (Å²) in [5.74, 6) is 0. The van der Waals surface area contributed by atoms with E-state index >= 15 is 0 Å². The number of rotatable bonds is 3. The first-order chi connectivity index (χ1) is 16.4. The second-order valence-electron chi connectivity index (χ2n) is 9.67. The molecule has 0 aliphatic heterocycles. The summed E-state index contributed by atoms with van der Waals surface area (Å²) in [7, 11) is 0. The summed E-state index contributed by atoms with van der Waals surface area (Å²) in [6, 6.07) is 36.0. The average molecular weight is 439 g/mol. The van der Waals surface area contributed by atoms with Gasteiger partial charge in [0.1, 0.15) is 6.07 Å². The summed E-state index contributed by atoms with van der Waals surface area (Å²) >= 11 is 0. The van der Waals surface area contributed by atoms with Gasteiger partial charge in [-0.2, -0.15) is 5.26 Å². The van der Waals surface area contributed by atoms with E-state index in [0.29, 0.717) is 5.56 Å². The number of hydrogen-bond acceptors (Lipinski definition) is 2. The Kier molecular flexibility index (Phi) is 5.48. The molecule has 0 aliphatic rings. The minimum Gasteiger partial charge on any atom is -0.255 e. The van der Waals surface area contributed by atoms with Crippen molar-refractivity contribution < 1.29 is 0 Å². The Morgan fingerprint density at radius 1 is 0.676 bits per heavy atom. The molecule has 0 amide bonds. The lowest BCUT2D eigenvalue weighted by Gasteiger charge is -2.23. The van der Waals surface area contributed by atoms with Crippen LogP contribution in [0.1, 0.15) is 31.9 Å². The molecule has 0 saturated carbocycles. The standard InChI is InChI=1S/C32H26N2/c1-32(2,3)30-18-26(17-25-11-7-8-12-28(25)30)31-19-29(27(20-33)21-34-31)24-15-13-23(14-16-24)22-9-5-4-6-10-22/h4-19,21H,1-3H3. The maximum atomic E-state index is 9.78. The van der Waals surface area contributed by atoms with Crippen LogP contribution in [0.2, 0.25) is 0 Å².